The minimum absolute atomic E-state index is 0.205. The van der Waals surface area contributed by atoms with Gasteiger partial charge < -0.3 is 4.74 Å². The lowest BCUT2D eigenvalue weighted by Gasteiger charge is -2.31. The Hall–Kier alpha value is -0.850. The second kappa shape index (κ2) is 7.43. The molecule has 0 aromatic rings. The lowest BCUT2D eigenvalue weighted by Crippen LogP contribution is -2.46. The average Bonchev–Trinajstić information content (AvgIpc) is 2.30. The van der Waals surface area contributed by atoms with Crippen molar-refractivity contribution in [2.24, 2.45) is 0 Å². The third-order valence-corrected chi connectivity index (χ3v) is 2.79. The molecule has 16 heavy (non-hydrogen) atoms. The largest absolute Gasteiger partial charge is 0.368 e. The third-order valence-electron chi connectivity index (χ3n) is 2.79. The summed E-state index contributed by atoms with van der Waals surface area (Å²) in [5.41, 5.74) is 0. The van der Waals surface area contributed by atoms with Crippen LogP contribution in [0.4, 0.5) is 0 Å². The summed E-state index contributed by atoms with van der Waals surface area (Å²) in [5.74, 6) is 2.76. The normalized spacial score (nSPS) is 21.6. The predicted octanol–water partition coefficient (Wildman–Crippen LogP) is 1.47. The van der Waals surface area contributed by atoms with Crippen LogP contribution in [0.1, 0.15) is 32.6 Å². The minimum Gasteiger partial charge on any atom is -0.368 e. The number of morpholine rings is 1. The maximum atomic E-state index is 11.8. The van der Waals surface area contributed by atoms with E-state index in [1.165, 1.54) is 0 Å². The molecule has 0 N–H and O–H groups in total. The summed E-state index contributed by atoms with van der Waals surface area (Å²) >= 11 is 0. The first-order valence-corrected chi connectivity index (χ1v) is 6.08. The number of hydrogen-bond donors (Lipinski definition) is 0. The highest BCUT2D eigenvalue weighted by atomic mass is 16.5. The zero-order valence-corrected chi connectivity index (χ0v) is 10.1. The fourth-order valence-corrected chi connectivity index (χ4v) is 1.94. The summed E-state index contributed by atoms with van der Waals surface area (Å²) in [6.45, 7) is 5.58. The Labute approximate surface area is 98.1 Å². The Balaban J connectivity index is 2.29. The molecule has 1 fully saturated rings. The molecule has 0 radical (unpaired) electrons. The first kappa shape index (κ1) is 13.2. The van der Waals surface area contributed by atoms with Gasteiger partial charge in [0.15, 0.2) is 5.78 Å². The zero-order chi connectivity index (χ0) is 11.8. The highest BCUT2D eigenvalue weighted by Gasteiger charge is 2.25. The number of ketones is 1. The first-order chi connectivity index (χ1) is 7.77. The summed E-state index contributed by atoms with van der Waals surface area (Å²) in [6.07, 6.45) is 8.06. The Bertz CT molecular complexity index is 255. The molecule has 1 rings (SSSR count). The van der Waals surface area contributed by atoms with Crippen LogP contribution < -0.4 is 0 Å². The molecule has 3 nitrogen and oxygen atoms in total. The quantitative estimate of drug-likeness (QED) is 0.504. The number of Topliss-reactive ketones (excluding diaryl/α,β-unsaturated/α-hetero) is 1. The van der Waals surface area contributed by atoms with Crippen LogP contribution in [0.15, 0.2) is 0 Å². The summed E-state index contributed by atoms with van der Waals surface area (Å²) in [5, 5.41) is 0. The maximum absolute atomic E-state index is 11.8. The highest BCUT2D eigenvalue weighted by Crippen LogP contribution is 2.10. The van der Waals surface area contributed by atoms with E-state index < -0.39 is 0 Å². The predicted molar refractivity (Wildman–Crippen MR) is 64.2 cm³/mol. The monoisotopic (exact) mass is 223 g/mol. The molecular weight excluding hydrogens is 202 g/mol. The van der Waals surface area contributed by atoms with Gasteiger partial charge in [-0.15, -0.1) is 12.3 Å². The molecule has 1 saturated heterocycles. The van der Waals surface area contributed by atoms with Gasteiger partial charge in [-0.1, -0.05) is 6.92 Å². The Morgan fingerprint density at radius 1 is 1.62 bits per heavy atom. The third kappa shape index (κ3) is 4.34. The average molecular weight is 223 g/mol. The molecule has 90 valence electrons. The molecule has 0 saturated carbocycles. The number of rotatable bonds is 6. The fraction of sp³-hybridized carbons (Fsp3) is 0.769. The minimum atomic E-state index is -0.224. The van der Waals surface area contributed by atoms with Crippen molar-refractivity contribution in [2.45, 2.75) is 38.7 Å². The molecule has 0 spiro atoms. The van der Waals surface area contributed by atoms with Gasteiger partial charge in [0.1, 0.15) is 6.10 Å². The van der Waals surface area contributed by atoms with Crippen molar-refractivity contribution in [3.63, 3.8) is 0 Å². The number of unbranched alkanes of at least 4 members (excludes halogenated alkanes) is 1. The Morgan fingerprint density at radius 3 is 3.12 bits per heavy atom. The Kier molecular flexibility index (Phi) is 6.14. The van der Waals surface area contributed by atoms with Gasteiger partial charge in [0.05, 0.1) is 6.61 Å². The SMILES string of the molecule is C#CCCCC(=O)C1CN(CCC)CCO1. The number of carbonyl (C=O) groups excluding carboxylic acids is 1. The van der Waals surface area contributed by atoms with Gasteiger partial charge in [0.2, 0.25) is 0 Å². The summed E-state index contributed by atoms with van der Waals surface area (Å²) < 4.78 is 5.50. The molecule has 0 aromatic carbocycles. The van der Waals surface area contributed by atoms with E-state index in [2.05, 4.69) is 17.7 Å². The van der Waals surface area contributed by atoms with Gasteiger partial charge in [-0.05, 0) is 19.4 Å². The molecule has 0 aromatic heterocycles. The highest BCUT2D eigenvalue weighted by molar-refractivity contribution is 5.83. The van der Waals surface area contributed by atoms with Gasteiger partial charge in [0, 0.05) is 25.9 Å². The second-order valence-corrected chi connectivity index (χ2v) is 4.18. The van der Waals surface area contributed by atoms with E-state index in [0.717, 1.165) is 32.5 Å². The van der Waals surface area contributed by atoms with Gasteiger partial charge in [-0.3, -0.25) is 9.69 Å². The van der Waals surface area contributed by atoms with Gasteiger partial charge >= 0.3 is 0 Å². The molecule has 1 aliphatic rings. The lowest BCUT2D eigenvalue weighted by molar-refractivity contribution is -0.136. The maximum Gasteiger partial charge on any atom is 0.162 e. The van der Waals surface area contributed by atoms with Crippen molar-refractivity contribution in [3.05, 3.63) is 0 Å². The van der Waals surface area contributed by atoms with Crippen molar-refractivity contribution in [1.82, 2.24) is 4.90 Å². The molecule has 1 unspecified atom stereocenters. The van der Waals surface area contributed by atoms with Gasteiger partial charge in [-0.25, -0.2) is 0 Å². The second-order valence-electron chi connectivity index (χ2n) is 4.18. The molecule has 1 heterocycles. The molecule has 0 aliphatic carbocycles. The number of hydrogen-bond acceptors (Lipinski definition) is 3. The van der Waals surface area contributed by atoms with Crippen LogP contribution in [0.25, 0.3) is 0 Å². The topological polar surface area (TPSA) is 29.5 Å². The van der Waals surface area contributed by atoms with Crippen molar-refractivity contribution in [3.8, 4) is 12.3 Å². The smallest absolute Gasteiger partial charge is 0.162 e. The van der Waals surface area contributed by atoms with Gasteiger partial charge in [0.25, 0.3) is 0 Å². The molecule has 0 bridgehead atoms. The van der Waals surface area contributed by atoms with E-state index in [0.29, 0.717) is 19.4 Å². The van der Waals surface area contributed by atoms with Gasteiger partial charge in [-0.2, -0.15) is 0 Å². The first-order valence-electron chi connectivity index (χ1n) is 6.08. The van der Waals surface area contributed by atoms with Crippen LogP contribution in [0.3, 0.4) is 0 Å². The van der Waals surface area contributed by atoms with Crippen molar-refractivity contribution in [1.29, 1.82) is 0 Å². The summed E-state index contributed by atoms with van der Waals surface area (Å²) in [4.78, 5) is 14.1. The molecule has 3 heteroatoms. The van der Waals surface area contributed by atoms with Crippen molar-refractivity contribution >= 4 is 5.78 Å². The zero-order valence-electron chi connectivity index (χ0n) is 10.1. The lowest BCUT2D eigenvalue weighted by atomic mass is 10.1. The van der Waals surface area contributed by atoms with Crippen LogP contribution in [0, 0.1) is 12.3 Å². The van der Waals surface area contributed by atoms with E-state index in [1.54, 1.807) is 0 Å². The van der Waals surface area contributed by atoms with Crippen LogP contribution in [0.5, 0.6) is 0 Å². The van der Waals surface area contributed by atoms with Crippen LogP contribution >= 0.6 is 0 Å². The van der Waals surface area contributed by atoms with E-state index in [9.17, 15) is 4.79 Å². The summed E-state index contributed by atoms with van der Waals surface area (Å²) in [6, 6.07) is 0. The summed E-state index contributed by atoms with van der Waals surface area (Å²) in [7, 11) is 0. The van der Waals surface area contributed by atoms with E-state index in [-0.39, 0.29) is 11.9 Å². The fourth-order valence-electron chi connectivity index (χ4n) is 1.94. The van der Waals surface area contributed by atoms with Crippen LogP contribution in [-0.2, 0) is 9.53 Å². The number of terminal acetylenes is 1. The van der Waals surface area contributed by atoms with E-state index in [4.69, 9.17) is 11.2 Å². The van der Waals surface area contributed by atoms with Crippen molar-refractivity contribution in [2.75, 3.05) is 26.2 Å². The number of nitrogens with zero attached hydrogens (tertiary/aromatic N) is 1. The van der Waals surface area contributed by atoms with Crippen molar-refractivity contribution < 1.29 is 9.53 Å². The standard InChI is InChI=1S/C13H21NO2/c1-3-5-6-7-12(15)13-11-14(8-4-2)9-10-16-13/h1,13H,4-11H2,2H3. The number of carbonyl (C=O) groups is 1. The van der Waals surface area contributed by atoms with Crippen LogP contribution in [-0.4, -0.2) is 43.0 Å². The van der Waals surface area contributed by atoms with Crippen LogP contribution in [0.2, 0.25) is 0 Å². The number of ether oxygens (including phenoxy) is 1. The molecule has 1 aliphatic heterocycles. The molecule has 1 atom stereocenters. The molecular formula is C13H21NO2. The molecule has 0 amide bonds. The van der Waals surface area contributed by atoms with E-state index >= 15 is 0 Å². The van der Waals surface area contributed by atoms with E-state index in [1.807, 2.05) is 0 Å². The Morgan fingerprint density at radius 2 is 2.44 bits per heavy atom.